The second-order valence-corrected chi connectivity index (χ2v) is 6.52. The molecule has 0 saturated heterocycles. The molecule has 6 nitrogen and oxygen atoms in total. The van der Waals surface area contributed by atoms with Gasteiger partial charge in [-0.2, -0.15) is 0 Å². The fourth-order valence-corrected chi connectivity index (χ4v) is 3.55. The van der Waals surface area contributed by atoms with Gasteiger partial charge in [0, 0.05) is 4.88 Å². The topological polar surface area (TPSA) is 115 Å². The quantitative estimate of drug-likeness (QED) is 0.798. The third kappa shape index (κ3) is 3.11. The van der Waals surface area contributed by atoms with Gasteiger partial charge in [-0.25, -0.2) is 18.4 Å². The molecule has 1 heterocycles. The van der Waals surface area contributed by atoms with E-state index in [2.05, 4.69) is 5.32 Å². The van der Waals surface area contributed by atoms with Crippen LogP contribution in [0.25, 0.3) is 10.4 Å². The smallest absolute Gasteiger partial charge is 0.316 e. The molecule has 0 unspecified atom stereocenters. The van der Waals surface area contributed by atoms with Gasteiger partial charge in [0.25, 0.3) is 0 Å². The number of nitrogens with one attached hydrogen (secondary N) is 1. The molecular formula is C11H11N3O3S2. The Hall–Kier alpha value is -1.90. The van der Waals surface area contributed by atoms with Crippen molar-refractivity contribution in [3.05, 3.63) is 36.4 Å². The van der Waals surface area contributed by atoms with E-state index in [4.69, 9.17) is 10.9 Å². The molecule has 0 aliphatic carbocycles. The number of hydrogen-bond acceptors (Lipinski definition) is 4. The number of nitrogens with two attached hydrogens (primary N) is 2. The predicted molar refractivity (Wildman–Crippen MR) is 74.3 cm³/mol. The van der Waals surface area contributed by atoms with Crippen LogP contribution in [0, 0.1) is 0 Å². The first-order chi connectivity index (χ1) is 8.88. The van der Waals surface area contributed by atoms with Crippen LogP contribution in [0.3, 0.4) is 0 Å². The molecule has 2 aromatic rings. The van der Waals surface area contributed by atoms with Gasteiger partial charge in [0.05, 0.1) is 5.69 Å². The summed E-state index contributed by atoms with van der Waals surface area (Å²) in [5, 5.41) is 7.38. The molecule has 2 amide bonds. The van der Waals surface area contributed by atoms with Crippen LogP contribution >= 0.6 is 11.3 Å². The minimum atomic E-state index is -3.92. The number of primary amides is 1. The van der Waals surface area contributed by atoms with E-state index in [-0.39, 0.29) is 9.90 Å². The van der Waals surface area contributed by atoms with E-state index in [1.165, 1.54) is 6.07 Å². The molecule has 0 spiro atoms. The van der Waals surface area contributed by atoms with Crippen LogP contribution in [0.1, 0.15) is 0 Å². The number of primary sulfonamides is 1. The second-order valence-electron chi connectivity index (χ2n) is 3.71. The molecule has 2 rings (SSSR count). The molecule has 0 saturated carbocycles. The Kier molecular flexibility index (Phi) is 3.56. The fourth-order valence-electron chi connectivity index (χ4n) is 1.55. The van der Waals surface area contributed by atoms with E-state index in [0.29, 0.717) is 4.88 Å². The van der Waals surface area contributed by atoms with Crippen LogP contribution in [-0.4, -0.2) is 14.4 Å². The first kappa shape index (κ1) is 13.5. The number of hydrogen-bond donors (Lipinski definition) is 3. The SMILES string of the molecule is NC(=O)Nc1cc(-c2ccccc2)sc1S(N)(=O)=O. The molecular weight excluding hydrogens is 286 g/mol. The van der Waals surface area contributed by atoms with Crippen molar-refractivity contribution < 1.29 is 13.2 Å². The van der Waals surface area contributed by atoms with E-state index < -0.39 is 16.1 Å². The number of anilines is 1. The molecule has 8 heteroatoms. The number of carbonyl (C=O) groups is 1. The number of amides is 2. The summed E-state index contributed by atoms with van der Waals surface area (Å²) >= 11 is 0.978. The summed E-state index contributed by atoms with van der Waals surface area (Å²) in [6.45, 7) is 0. The van der Waals surface area contributed by atoms with Crippen LogP contribution in [0.4, 0.5) is 10.5 Å². The van der Waals surface area contributed by atoms with Crippen LogP contribution < -0.4 is 16.2 Å². The number of benzene rings is 1. The second kappa shape index (κ2) is 5.00. The molecule has 0 radical (unpaired) electrons. The minimum Gasteiger partial charge on any atom is -0.351 e. The average Bonchev–Trinajstić information content (AvgIpc) is 2.73. The molecule has 0 atom stereocenters. The molecule has 0 fully saturated rings. The van der Waals surface area contributed by atoms with Crippen molar-refractivity contribution >= 4 is 33.1 Å². The Morgan fingerprint density at radius 3 is 2.37 bits per heavy atom. The molecule has 19 heavy (non-hydrogen) atoms. The summed E-state index contributed by atoms with van der Waals surface area (Å²) in [4.78, 5) is 11.5. The van der Waals surface area contributed by atoms with E-state index in [1.54, 1.807) is 0 Å². The molecule has 1 aromatic heterocycles. The van der Waals surface area contributed by atoms with Crippen molar-refractivity contribution in [2.24, 2.45) is 10.9 Å². The molecule has 0 aliphatic heterocycles. The Bertz CT molecular complexity index is 708. The maximum Gasteiger partial charge on any atom is 0.316 e. The van der Waals surface area contributed by atoms with Gasteiger partial charge in [-0.15, -0.1) is 11.3 Å². The zero-order chi connectivity index (χ0) is 14.0. The lowest BCUT2D eigenvalue weighted by Gasteiger charge is -2.00. The predicted octanol–water partition coefficient (Wildman–Crippen LogP) is 1.55. The van der Waals surface area contributed by atoms with Crippen molar-refractivity contribution in [1.29, 1.82) is 0 Å². The summed E-state index contributed by atoms with van der Waals surface area (Å²) in [5.74, 6) is 0. The van der Waals surface area contributed by atoms with E-state index in [0.717, 1.165) is 16.9 Å². The third-order valence-electron chi connectivity index (χ3n) is 2.27. The first-order valence-electron chi connectivity index (χ1n) is 5.16. The summed E-state index contributed by atoms with van der Waals surface area (Å²) in [6.07, 6.45) is 0. The maximum absolute atomic E-state index is 11.5. The highest BCUT2D eigenvalue weighted by molar-refractivity contribution is 7.91. The highest BCUT2D eigenvalue weighted by Gasteiger charge is 2.20. The Morgan fingerprint density at radius 1 is 1.21 bits per heavy atom. The highest BCUT2D eigenvalue weighted by atomic mass is 32.2. The van der Waals surface area contributed by atoms with Gasteiger partial charge >= 0.3 is 6.03 Å². The maximum atomic E-state index is 11.5. The van der Waals surface area contributed by atoms with Crippen molar-refractivity contribution in [3.63, 3.8) is 0 Å². The lowest BCUT2D eigenvalue weighted by molar-refractivity contribution is 0.259. The summed E-state index contributed by atoms with van der Waals surface area (Å²) in [5.41, 5.74) is 5.93. The monoisotopic (exact) mass is 297 g/mol. The van der Waals surface area contributed by atoms with Gasteiger partial charge in [-0.05, 0) is 11.6 Å². The van der Waals surface area contributed by atoms with Crippen molar-refractivity contribution in [3.8, 4) is 10.4 Å². The normalized spacial score (nSPS) is 11.2. The third-order valence-corrected chi connectivity index (χ3v) is 4.94. The van der Waals surface area contributed by atoms with Gasteiger partial charge in [-0.3, -0.25) is 0 Å². The number of urea groups is 1. The van der Waals surface area contributed by atoms with Crippen molar-refractivity contribution in [2.45, 2.75) is 4.21 Å². The first-order valence-corrected chi connectivity index (χ1v) is 7.53. The lowest BCUT2D eigenvalue weighted by Crippen LogP contribution is -2.21. The van der Waals surface area contributed by atoms with Gasteiger partial charge < -0.3 is 11.1 Å². The molecule has 0 aliphatic rings. The number of thiophene rings is 1. The lowest BCUT2D eigenvalue weighted by atomic mass is 10.2. The number of carbonyl (C=O) groups excluding carboxylic acids is 1. The van der Waals surface area contributed by atoms with E-state index in [9.17, 15) is 13.2 Å². The van der Waals surface area contributed by atoms with Gasteiger partial charge in [-0.1, -0.05) is 30.3 Å². The van der Waals surface area contributed by atoms with Crippen molar-refractivity contribution in [2.75, 3.05) is 5.32 Å². The summed E-state index contributed by atoms with van der Waals surface area (Å²) in [7, 11) is -3.92. The molecule has 100 valence electrons. The van der Waals surface area contributed by atoms with Crippen LogP contribution in [0.2, 0.25) is 0 Å². The zero-order valence-electron chi connectivity index (χ0n) is 9.66. The van der Waals surface area contributed by atoms with Crippen LogP contribution in [0.15, 0.2) is 40.6 Å². The molecule has 0 bridgehead atoms. The Balaban J connectivity index is 2.55. The summed E-state index contributed by atoms with van der Waals surface area (Å²) in [6, 6.07) is 9.84. The van der Waals surface area contributed by atoms with Gasteiger partial charge in [0.1, 0.15) is 0 Å². The van der Waals surface area contributed by atoms with Crippen LogP contribution in [0.5, 0.6) is 0 Å². The summed E-state index contributed by atoms with van der Waals surface area (Å²) < 4.78 is 22.8. The average molecular weight is 297 g/mol. The number of rotatable bonds is 3. The van der Waals surface area contributed by atoms with E-state index in [1.807, 2.05) is 30.3 Å². The fraction of sp³-hybridized carbons (Fsp3) is 0. The van der Waals surface area contributed by atoms with Crippen molar-refractivity contribution in [1.82, 2.24) is 0 Å². The van der Waals surface area contributed by atoms with Crippen LogP contribution in [-0.2, 0) is 10.0 Å². The molecule has 1 aromatic carbocycles. The Labute approximate surface area is 114 Å². The Morgan fingerprint density at radius 2 is 1.84 bits per heavy atom. The van der Waals surface area contributed by atoms with E-state index >= 15 is 0 Å². The largest absolute Gasteiger partial charge is 0.351 e. The van der Waals surface area contributed by atoms with Gasteiger partial charge in [0.2, 0.25) is 10.0 Å². The number of sulfonamides is 1. The minimum absolute atomic E-state index is 0.0962. The molecule has 5 N–H and O–H groups in total. The zero-order valence-corrected chi connectivity index (χ0v) is 11.3. The highest BCUT2D eigenvalue weighted by Crippen LogP contribution is 2.36. The van der Waals surface area contributed by atoms with Gasteiger partial charge in [0.15, 0.2) is 4.21 Å². The standard InChI is InChI=1S/C11H11N3O3S2/c12-11(15)14-8-6-9(7-4-2-1-3-5-7)18-10(8)19(13,16)17/h1-6H,(H3,12,14,15)(H2,13,16,17).